The maximum atomic E-state index is 11.3. The topological polar surface area (TPSA) is 80.5 Å². The third-order valence-corrected chi connectivity index (χ3v) is 4.48. The van der Waals surface area contributed by atoms with Crippen LogP contribution in [-0.2, 0) is 0 Å². The van der Waals surface area contributed by atoms with Gasteiger partial charge in [-0.25, -0.2) is 0 Å². The number of hydrogen-bond acceptors (Lipinski definition) is 5. The first-order valence-electron chi connectivity index (χ1n) is 7.58. The normalized spacial score (nSPS) is 15.7. The number of aliphatic imine (C=N–C) groups is 1. The number of nitrogens with one attached hydrogen (secondary N) is 2. The largest absolute Gasteiger partial charge is 0.354 e. The van der Waals surface area contributed by atoms with E-state index in [1.54, 1.807) is 30.5 Å². The molecule has 0 unspecified atom stereocenters. The Bertz CT molecular complexity index is 587. The Balaban J connectivity index is 1.84. The van der Waals surface area contributed by atoms with E-state index in [1.165, 1.54) is 18.4 Å². The Morgan fingerprint density at radius 2 is 2.04 bits per heavy atom. The van der Waals surface area contributed by atoms with Gasteiger partial charge in [0.1, 0.15) is 0 Å². The molecule has 1 fully saturated rings. The van der Waals surface area contributed by atoms with Crippen molar-refractivity contribution in [3.63, 3.8) is 0 Å². The number of rotatable bonds is 5. The van der Waals surface area contributed by atoms with Crippen LogP contribution < -0.4 is 10.6 Å². The zero-order valence-corrected chi connectivity index (χ0v) is 14.0. The molecule has 0 bridgehead atoms. The molecule has 1 aromatic rings. The fourth-order valence-corrected chi connectivity index (χ4v) is 3.22. The van der Waals surface area contributed by atoms with E-state index in [4.69, 9.17) is 5.26 Å². The lowest BCUT2D eigenvalue weighted by atomic mass is 10.1. The second kappa shape index (κ2) is 9.18. The molecule has 0 atom stereocenters. The van der Waals surface area contributed by atoms with Crippen LogP contribution in [0.15, 0.2) is 29.3 Å². The van der Waals surface area contributed by atoms with Gasteiger partial charge in [0.25, 0.3) is 0 Å². The number of carbonyl (C=O) groups excluding carboxylic acids is 1. The average molecular weight is 331 g/mol. The molecule has 0 spiro atoms. The zero-order chi connectivity index (χ0) is 16.5. The Labute approximate surface area is 141 Å². The smallest absolute Gasteiger partial charge is 0.211 e. The lowest BCUT2D eigenvalue weighted by molar-refractivity contribution is 0.101. The number of guanidine groups is 1. The van der Waals surface area contributed by atoms with Gasteiger partial charge in [0.15, 0.2) is 5.78 Å². The van der Waals surface area contributed by atoms with Gasteiger partial charge in [-0.05, 0) is 31.2 Å². The minimum Gasteiger partial charge on any atom is -0.354 e. The summed E-state index contributed by atoms with van der Waals surface area (Å²) in [6.45, 7) is 5.40. The fourth-order valence-electron chi connectivity index (χ4n) is 2.24. The van der Waals surface area contributed by atoms with E-state index in [9.17, 15) is 4.79 Å². The molecule has 1 heterocycles. The number of hydrogen-bond donors (Lipinski definition) is 2. The first kappa shape index (κ1) is 17.3. The average Bonchev–Trinajstić information content (AvgIpc) is 2.56. The quantitative estimate of drug-likeness (QED) is 0.370. The minimum atomic E-state index is 0.0280. The third-order valence-electron chi connectivity index (χ3n) is 3.54. The molecule has 0 radical (unpaired) electrons. The van der Waals surface area contributed by atoms with Gasteiger partial charge in [-0.3, -0.25) is 9.69 Å². The number of Topliss-reactive ketones (excluding diaryl/α,β-unsaturated/α-hetero) is 1. The van der Waals surface area contributed by atoms with Crippen molar-refractivity contribution in [2.24, 2.45) is 4.99 Å². The molecule has 0 aromatic heterocycles. The summed E-state index contributed by atoms with van der Waals surface area (Å²) in [6, 6.07) is 7.10. The lowest BCUT2D eigenvalue weighted by Crippen LogP contribution is -2.40. The highest BCUT2D eigenvalue weighted by Crippen LogP contribution is 2.10. The third kappa shape index (κ3) is 5.93. The van der Waals surface area contributed by atoms with Crippen LogP contribution >= 0.6 is 11.8 Å². The van der Waals surface area contributed by atoms with Gasteiger partial charge >= 0.3 is 0 Å². The van der Waals surface area contributed by atoms with E-state index in [0.717, 1.165) is 31.9 Å². The Morgan fingerprint density at radius 3 is 2.65 bits per heavy atom. The molecule has 2 N–H and O–H groups in total. The summed E-state index contributed by atoms with van der Waals surface area (Å²) >= 11 is 1.99. The molecule has 1 aromatic carbocycles. The van der Waals surface area contributed by atoms with Gasteiger partial charge in [0.2, 0.25) is 12.2 Å². The summed E-state index contributed by atoms with van der Waals surface area (Å²) < 4.78 is 0. The summed E-state index contributed by atoms with van der Waals surface area (Å²) in [5.41, 5.74) is 1.44. The molecule has 23 heavy (non-hydrogen) atoms. The standard InChI is InChI=1S/C16H21N5OS/c1-13(22)14-2-4-15(5-3-14)20-16(19-12-17)18-6-7-21-8-10-23-11-9-21/h2-5H,6-11H2,1H3,(H2,18,19,20). The van der Waals surface area contributed by atoms with Crippen LogP contribution in [-0.4, -0.2) is 54.3 Å². The van der Waals surface area contributed by atoms with E-state index in [2.05, 4.69) is 20.5 Å². The van der Waals surface area contributed by atoms with Gasteiger partial charge in [0, 0.05) is 48.9 Å². The summed E-state index contributed by atoms with van der Waals surface area (Å²) in [5, 5.41) is 15.0. The van der Waals surface area contributed by atoms with Gasteiger partial charge in [-0.1, -0.05) is 0 Å². The lowest BCUT2D eigenvalue weighted by Gasteiger charge is -2.26. The minimum absolute atomic E-state index is 0.0280. The number of nitrogens with zero attached hydrogens (tertiary/aromatic N) is 3. The fraction of sp³-hybridized carbons (Fsp3) is 0.438. The van der Waals surface area contributed by atoms with Crippen molar-refractivity contribution >= 4 is 29.2 Å². The highest BCUT2D eigenvalue weighted by atomic mass is 32.2. The van der Waals surface area contributed by atoms with Gasteiger partial charge in [-0.2, -0.15) is 17.0 Å². The van der Waals surface area contributed by atoms with Crippen molar-refractivity contribution in [2.45, 2.75) is 6.92 Å². The Hall–Kier alpha value is -2.04. The van der Waals surface area contributed by atoms with E-state index >= 15 is 0 Å². The highest BCUT2D eigenvalue weighted by molar-refractivity contribution is 7.99. The molecule has 1 aliphatic rings. The Kier molecular flexibility index (Phi) is 6.91. The Morgan fingerprint density at radius 1 is 1.35 bits per heavy atom. The molecule has 0 aliphatic carbocycles. The monoisotopic (exact) mass is 331 g/mol. The van der Waals surface area contributed by atoms with Crippen molar-refractivity contribution in [2.75, 3.05) is 43.0 Å². The SMILES string of the molecule is CC(=O)c1ccc(N/C(=N/C#N)NCCN2CCSCC2)cc1. The number of thioether (sulfide) groups is 1. The molecule has 0 amide bonds. The molecule has 6 nitrogen and oxygen atoms in total. The zero-order valence-electron chi connectivity index (χ0n) is 13.2. The van der Waals surface area contributed by atoms with E-state index in [-0.39, 0.29) is 5.78 Å². The predicted octanol–water partition coefficient (Wildman–Crippen LogP) is 1.78. The van der Waals surface area contributed by atoms with Crippen LogP contribution in [0.4, 0.5) is 5.69 Å². The molecule has 1 aliphatic heterocycles. The van der Waals surface area contributed by atoms with Crippen molar-refractivity contribution < 1.29 is 4.79 Å². The van der Waals surface area contributed by atoms with E-state index in [0.29, 0.717) is 11.5 Å². The van der Waals surface area contributed by atoms with Crippen LogP contribution in [0.3, 0.4) is 0 Å². The van der Waals surface area contributed by atoms with Crippen molar-refractivity contribution in [1.29, 1.82) is 5.26 Å². The number of carbonyl (C=O) groups is 1. The van der Waals surface area contributed by atoms with Gasteiger partial charge in [0.05, 0.1) is 0 Å². The second-order valence-electron chi connectivity index (χ2n) is 5.20. The molecule has 7 heteroatoms. The molecule has 1 saturated heterocycles. The highest BCUT2D eigenvalue weighted by Gasteiger charge is 2.10. The molecular weight excluding hydrogens is 310 g/mol. The van der Waals surface area contributed by atoms with Crippen LogP contribution in [0.5, 0.6) is 0 Å². The maximum Gasteiger partial charge on any atom is 0.211 e. The first-order valence-corrected chi connectivity index (χ1v) is 8.73. The van der Waals surface area contributed by atoms with Crippen molar-refractivity contribution in [1.82, 2.24) is 10.2 Å². The van der Waals surface area contributed by atoms with Crippen LogP contribution in [0, 0.1) is 11.5 Å². The first-order chi connectivity index (χ1) is 11.2. The van der Waals surface area contributed by atoms with E-state index in [1.807, 2.05) is 11.8 Å². The van der Waals surface area contributed by atoms with Crippen LogP contribution in [0.25, 0.3) is 0 Å². The number of ketones is 1. The van der Waals surface area contributed by atoms with Crippen molar-refractivity contribution in [3.8, 4) is 6.19 Å². The molecule has 122 valence electrons. The van der Waals surface area contributed by atoms with Crippen molar-refractivity contribution in [3.05, 3.63) is 29.8 Å². The second-order valence-corrected chi connectivity index (χ2v) is 6.42. The maximum absolute atomic E-state index is 11.3. The summed E-state index contributed by atoms with van der Waals surface area (Å²) in [7, 11) is 0. The number of nitriles is 1. The molecular formula is C16H21N5OS. The summed E-state index contributed by atoms with van der Waals surface area (Å²) in [5.74, 6) is 2.81. The molecule has 0 saturated carbocycles. The van der Waals surface area contributed by atoms with Gasteiger partial charge < -0.3 is 10.6 Å². The number of benzene rings is 1. The predicted molar refractivity (Wildman–Crippen MR) is 94.9 cm³/mol. The number of anilines is 1. The molecule has 2 rings (SSSR count). The summed E-state index contributed by atoms with van der Waals surface area (Å²) in [6.07, 6.45) is 1.80. The van der Waals surface area contributed by atoms with Gasteiger partial charge in [-0.15, -0.1) is 4.99 Å². The van der Waals surface area contributed by atoms with E-state index < -0.39 is 0 Å². The summed E-state index contributed by atoms with van der Waals surface area (Å²) in [4.78, 5) is 17.4. The van der Waals surface area contributed by atoms with Crippen LogP contribution in [0.1, 0.15) is 17.3 Å². The van der Waals surface area contributed by atoms with Crippen LogP contribution in [0.2, 0.25) is 0 Å².